The normalized spacial score (nSPS) is 10.2. The first-order valence-corrected chi connectivity index (χ1v) is 8.53. The van der Waals surface area contributed by atoms with Crippen molar-refractivity contribution in [1.29, 1.82) is 0 Å². The number of benzene rings is 2. The Balaban J connectivity index is 1.90. The summed E-state index contributed by atoms with van der Waals surface area (Å²) in [6, 6.07) is 14.8. The van der Waals surface area contributed by atoms with Gasteiger partial charge in [-0.15, -0.1) is 0 Å². The van der Waals surface area contributed by atoms with Gasteiger partial charge in [0.25, 0.3) is 5.91 Å². The Morgan fingerprint density at radius 2 is 1.81 bits per heavy atom. The SMILES string of the molecule is CCOc1cc(C(=O)NCCCc2ccccc2)ccc1OCC(=O)O. The van der Waals surface area contributed by atoms with Gasteiger partial charge in [-0.05, 0) is 43.5 Å². The number of aliphatic carboxylic acids is 1. The highest BCUT2D eigenvalue weighted by molar-refractivity contribution is 5.94. The molecule has 0 saturated heterocycles. The molecule has 2 aromatic carbocycles. The molecule has 0 aliphatic carbocycles. The molecule has 0 spiro atoms. The Hall–Kier alpha value is -3.02. The van der Waals surface area contributed by atoms with Crippen LogP contribution in [0.5, 0.6) is 11.5 Å². The van der Waals surface area contributed by atoms with E-state index in [1.807, 2.05) is 18.2 Å². The Labute approximate surface area is 152 Å². The van der Waals surface area contributed by atoms with E-state index in [4.69, 9.17) is 14.6 Å². The van der Waals surface area contributed by atoms with Crippen LogP contribution in [0.2, 0.25) is 0 Å². The minimum Gasteiger partial charge on any atom is -0.490 e. The van der Waals surface area contributed by atoms with Gasteiger partial charge in [-0.25, -0.2) is 4.79 Å². The van der Waals surface area contributed by atoms with Crippen LogP contribution in [0.25, 0.3) is 0 Å². The van der Waals surface area contributed by atoms with Crippen molar-refractivity contribution in [3.63, 3.8) is 0 Å². The molecule has 2 aromatic rings. The summed E-state index contributed by atoms with van der Waals surface area (Å²) < 4.78 is 10.6. The molecular formula is C20H23NO5. The third-order valence-electron chi connectivity index (χ3n) is 3.63. The molecule has 0 aliphatic rings. The summed E-state index contributed by atoms with van der Waals surface area (Å²) >= 11 is 0. The first-order valence-electron chi connectivity index (χ1n) is 8.53. The number of carbonyl (C=O) groups is 2. The molecule has 6 heteroatoms. The molecule has 138 valence electrons. The van der Waals surface area contributed by atoms with Crippen molar-refractivity contribution < 1.29 is 24.2 Å². The van der Waals surface area contributed by atoms with E-state index in [0.29, 0.717) is 30.2 Å². The number of carbonyl (C=O) groups excluding carboxylic acids is 1. The lowest BCUT2D eigenvalue weighted by Gasteiger charge is -2.12. The second-order valence-electron chi connectivity index (χ2n) is 5.62. The van der Waals surface area contributed by atoms with Crippen LogP contribution in [0.1, 0.15) is 29.3 Å². The first kappa shape index (κ1) is 19.3. The number of carboxylic acid groups (broad SMARTS) is 1. The van der Waals surface area contributed by atoms with Crippen molar-refractivity contribution in [2.45, 2.75) is 19.8 Å². The highest BCUT2D eigenvalue weighted by atomic mass is 16.5. The Morgan fingerprint density at radius 1 is 1.04 bits per heavy atom. The highest BCUT2D eigenvalue weighted by Crippen LogP contribution is 2.28. The second-order valence-corrected chi connectivity index (χ2v) is 5.62. The topological polar surface area (TPSA) is 84.9 Å². The fourth-order valence-electron chi connectivity index (χ4n) is 2.42. The molecule has 0 atom stereocenters. The maximum Gasteiger partial charge on any atom is 0.341 e. The van der Waals surface area contributed by atoms with E-state index in [9.17, 15) is 9.59 Å². The summed E-state index contributed by atoms with van der Waals surface area (Å²) in [5, 5.41) is 11.6. The van der Waals surface area contributed by atoms with Crippen LogP contribution in [-0.4, -0.2) is 36.7 Å². The van der Waals surface area contributed by atoms with Gasteiger partial charge in [0.15, 0.2) is 18.1 Å². The van der Waals surface area contributed by atoms with E-state index in [1.54, 1.807) is 25.1 Å². The van der Waals surface area contributed by atoms with Crippen molar-refractivity contribution in [3.8, 4) is 11.5 Å². The van der Waals surface area contributed by atoms with Crippen LogP contribution in [0, 0.1) is 0 Å². The van der Waals surface area contributed by atoms with E-state index >= 15 is 0 Å². The van der Waals surface area contributed by atoms with E-state index in [1.165, 1.54) is 5.56 Å². The van der Waals surface area contributed by atoms with Gasteiger partial charge in [0.1, 0.15) is 0 Å². The van der Waals surface area contributed by atoms with Crippen LogP contribution < -0.4 is 14.8 Å². The molecule has 0 unspecified atom stereocenters. The largest absolute Gasteiger partial charge is 0.490 e. The molecule has 0 aromatic heterocycles. The van der Waals surface area contributed by atoms with Gasteiger partial charge in [0.2, 0.25) is 0 Å². The van der Waals surface area contributed by atoms with E-state index in [2.05, 4.69) is 17.4 Å². The molecule has 6 nitrogen and oxygen atoms in total. The lowest BCUT2D eigenvalue weighted by atomic mass is 10.1. The van der Waals surface area contributed by atoms with Crippen molar-refractivity contribution >= 4 is 11.9 Å². The monoisotopic (exact) mass is 357 g/mol. The molecule has 0 heterocycles. The quantitative estimate of drug-likeness (QED) is 0.639. The fourth-order valence-corrected chi connectivity index (χ4v) is 2.42. The molecule has 0 aliphatic heterocycles. The Kier molecular flexibility index (Phi) is 7.49. The molecule has 2 N–H and O–H groups in total. The third-order valence-corrected chi connectivity index (χ3v) is 3.63. The van der Waals surface area contributed by atoms with Crippen LogP contribution in [0.4, 0.5) is 0 Å². The van der Waals surface area contributed by atoms with Gasteiger partial charge in [0.05, 0.1) is 6.61 Å². The second kappa shape index (κ2) is 10.1. The summed E-state index contributed by atoms with van der Waals surface area (Å²) in [6.45, 7) is 2.28. The smallest absolute Gasteiger partial charge is 0.341 e. The van der Waals surface area contributed by atoms with Gasteiger partial charge in [-0.2, -0.15) is 0 Å². The number of hydrogen-bond acceptors (Lipinski definition) is 4. The third kappa shape index (κ3) is 6.12. The average Bonchev–Trinajstić information content (AvgIpc) is 2.65. The van der Waals surface area contributed by atoms with Gasteiger partial charge >= 0.3 is 5.97 Å². The van der Waals surface area contributed by atoms with Gasteiger partial charge < -0.3 is 19.9 Å². The minimum atomic E-state index is -1.08. The minimum absolute atomic E-state index is 0.205. The summed E-state index contributed by atoms with van der Waals surface area (Å²) in [5.41, 5.74) is 1.68. The Bertz CT molecular complexity index is 730. The molecule has 0 bridgehead atoms. The average molecular weight is 357 g/mol. The number of aryl methyl sites for hydroxylation is 1. The summed E-state index contributed by atoms with van der Waals surface area (Å²) in [7, 11) is 0. The predicted octanol–water partition coefficient (Wildman–Crippen LogP) is 2.91. The van der Waals surface area contributed by atoms with Crippen LogP contribution in [0.3, 0.4) is 0 Å². The fraction of sp³-hybridized carbons (Fsp3) is 0.300. The molecular weight excluding hydrogens is 334 g/mol. The molecule has 26 heavy (non-hydrogen) atoms. The van der Waals surface area contributed by atoms with E-state index in [-0.39, 0.29) is 5.91 Å². The number of rotatable bonds is 10. The number of hydrogen-bond donors (Lipinski definition) is 2. The van der Waals surface area contributed by atoms with Gasteiger partial charge in [0, 0.05) is 12.1 Å². The zero-order valence-corrected chi connectivity index (χ0v) is 14.7. The van der Waals surface area contributed by atoms with E-state index < -0.39 is 12.6 Å². The van der Waals surface area contributed by atoms with Crippen molar-refractivity contribution in [1.82, 2.24) is 5.32 Å². The molecule has 0 saturated carbocycles. The number of carboxylic acids is 1. The molecule has 0 radical (unpaired) electrons. The highest BCUT2D eigenvalue weighted by Gasteiger charge is 2.12. The van der Waals surface area contributed by atoms with Gasteiger partial charge in [-0.1, -0.05) is 30.3 Å². The summed E-state index contributed by atoms with van der Waals surface area (Å²) in [6.07, 6.45) is 1.74. The number of ether oxygens (including phenoxy) is 2. The zero-order valence-electron chi connectivity index (χ0n) is 14.7. The van der Waals surface area contributed by atoms with Crippen LogP contribution in [-0.2, 0) is 11.2 Å². The van der Waals surface area contributed by atoms with Crippen molar-refractivity contribution in [2.75, 3.05) is 19.8 Å². The zero-order chi connectivity index (χ0) is 18.8. The lowest BCUT2D eigenvalue weighted by molar-refractivity contribution is -0.139. The standard InChI is InChI=1S/C20H23NO5/c1-2-25-18-13-16(10-11-17(18)26-14-19(22)23)20(24)21-12-6-9-15-7-4-3-5-8-15/h3-5,7-8,10-11,13H,2,6,9,12,14H2,1H3,(H,21,24)(H,22,23). The van der Waals surface area contributed by atoms with Crippen molar-refractivity contribution in [2.24, 2.45) is 0 Å². The van der Waals surface area contributed by atoms with E-state index in [0.717, 1.165) is 12.8 Å². The molecule has 2 rings (SSSR count). The predicted molar refractivity (Wildman–Crippen MR) is 97.8 cm³/mol. The first-order chi connectivity index (χ1) is 12.6. The number of amides is 1. The molecule has 1 amide bonds. The van der Waals surface area contributed by atoms with Crippen LogP contribution >= 0.6 is 0 Å². The summed E-state index contributed by atoms with van der Waals surface area (Å²) in [5.74, 6) is -0.628. The summed E-state index contributed by atoms with van der Waals surface area (Å²) in [4.78, 5) is 22.9. The Morgan fingerprint density at radius 3 is 2.50 bits per heavy atom. The van der Waals surface area contributed by atoms with Crippen LogP contribution in [0.15, 0.2) is 48.5 Å². The maximum atomic E-state index is 12.3. The number of nitrogens with one attached hydrogen (secondary N) is 1. The molecule has 0 fully saturated rings. The van der Waals surface area contributed by atoms with Crippen molar-refractivity contribution in [3.05, 3.63) is 59.7 Å². The van der Waals surface area contributed by atoms with Gasteiger partial charge in [-0.3, -0.25) is 4.79 Å². The lowest BCUT2D eigenvalue weighted by Crippen LogP contribution is -2.24. The maximum absolute atomic E-state index is 12.3.